The summed E-state index contributed by atoms with van der Waals surface area (Å²) in [5, 5.41) is 12.3. The summed E-state index contributed by atoms with van der Waals surface area (Å²) < 4.78 is 0. The lowest BCUT2D eigenvalue weighted by Crippen LogP contribution is -2.51. The smallest absolute Gasteiger partial charge is 0.222 e. The van der Waals surface area contributed by atoms with Crippen LogP contribution in [0.2, 0.25) is 0 Å². The van der Waals surface area contributed by atoms with Gasteiger partial charge in [0.15, 0.2) is 0 Å². The summed E-state index contributed by atoms with van der Waals surface area (Å²) in [6.45, 7) is 4.64. The van der Waals surface area contributed by atoms with Crippen molar-refractivity contribution in [2.45, 2.75) is 51.5 Å². The number of nitrogens with one attached hydrogen (secondary N) is 1. The topological polar surface area (TPSA) is 52.6 Å². The minimum Gasteiger partial charge on any atom is -0.395 e. The third-order valence-corrected chi connectivity index (χ3v) is 4.26. The van der Waals surface area contributed by atoms with Gasteiger partial charge in [0.2, 0.25) is 5.91 Å². The largest absolute Gasteiger partial charge is 0.395 e. The summed E-state index contributed by atoms with van der Waals surface area (Å²) in [6.07, 6.45) is 6.81. The zero-order valence-electron chi connectivity index (χ0n) is 12.1. The molecule has 2 aliphatic rings. The van der Waals surface area contributed by atoms with Gasteiger partial charge in [0.25, 0.3) is 0 Å². The summed E-state index contributed by atoms with van der Waals surface area (Å²) >= 11 is 0. The average molecular weight is 268 g/mol. The zero-order valence-corrected chi connectivity index (χ0v) is 12.1. The standard InChI is InChI=1S/C15H28N2O2/c1-2-3-15(19)17-10-13(8-12-4-5-12)9-14(11-17)16-6-7-18/h12-14,16,18H,2-11H2,1H3. The van der Waals surface area contributed by atoms with Crippen molar-refractivity contribution in [3.8, 4) is 0 Å². The molecule has 0 bridgehead atoms. The van der Waals surface area contributed by atoms with E-state index in [2.05, 4.69) is 17.1 Å². The van der Waals surface area contributed by atoms with E-state index >= 15 is 0 Å². The number of rotatable bonds is 7. The molecule has 2 atom stereocenters. The third kappa shape index (κ3) is 4.77. The molecule has 2 N–H and O–H groups in total. The van der Waals surface area contributed by atoms with Crippen molar-refractivity contribution in [2.24, 2.45) is 11.8 Å². The molecule has 4 nitrogen and oxygen atoms in total. The van der Waals surface area contributed by atoms with Crippen LogP contribution in [-0.4, -0.2) is 48.2 Å². The van der Waals surface area contributed by atoms with Gasteiger partial charge in [-0.1, -0.05) is 19.8 Å². The van der Waals surface area contributed by atoms with Crippen LogP contribution >= 0.6 is 0 Å². The maximum Gasteiger partial charge on any atom is 0.222 e. The van der Waals surface area contributed by atoms with Gasteiger partial charge in [-0.25, -0.2) is 0 Å². The molecule has 1 heterocycles. The highest BCUT2D eigenvalue weighted by molar-refractivity contribution is 5.76. The van der Waals surface area contributed by atoms with Crippen LogP contribution in [-0.2, 0) is 4.79 Å². The Morgan fingerprint density at radius 1 is 1.32 bits per heavy atom. The second-order valence-electron chi connectivity index (χ2n) is 6.20. The Morgan fingerprint density at radius 3 is 2.74 bits per heavy atom. The van der Waals surface area contributed by atoms with E-state index < -0.39 is 0 Å². The first-order valence-corrected chi connectivity index (χ1v) is 7.85. The molecule has 1 aliphatic carbocycles. The Kier molecular flexibility index (Phi) is 5.64. The van der Waals surface area contributed by atoms with Crippen molar-refractivity contribution in [3.63, 3.8) is 0 Å². The predicted molar refractivity (Wildman–Crippen MR) is 75.8 cm³/mol. The quantitative estimate of drug-likeness (QED) is 0.733. The molecule has 19 heavy (non-hydrogen) atoms. The van der Waals surface area contributed by atoms with Gasteiger partial charge in [0, 0.05) is 32.1 Å². The van der Waals surface area contributed by atoms with Gasteiger partial charge in [0.05, 0.1) is 6.61 Å². The molecule has 0 spiro atoms. The van der Waals surface area contributed by atoms with E-state index in [-0.39, 0.29) is 6.61 Å². The lowest BCUT2D eigenvalue weighted by atomic mass is 9.89. The lowest BCUT2D eigenvalue weighted by Gasteiger charge is -2.38. The van der Waals surface area contributed by atoms with E-state index in [1.807, 2.05) is 0 Å². The number of likely N-dealkylation sites (tertiary alicyclic amines) is 1. The molecular weight excluding hydrogens is 240 g/mol. The maximum atomic E-state index is 12.1. The number of hydrogen-bond acceptors (Lipinski definition) is 3. The predicted octanol–water partition coefficient (Wildman–Crippen LogP) is 1.39. The van der Waals surface area contributed by atoms with Gasteiger partial charge >= 0.3 is 0 Å². The van der Waals surface area contributed by atoms with Gasteiger partial charge in [-0.15, -0.1) is 0 Å². The fourth-order valence-corrected chi connectivity index (χ4v) is 3.19. The Morgan fingerprint density at radius 2 is 2.11 bits per heavy atom. The van der Waals surface area contributed by atoms with E-state index in [4.69, 9.17) is 5.11 Å². The van der Waals surface area contributed by atoms with Crippen LogP contribution in [0.5, 0.6) is 0 Å². The first kappa shape index (κ1) is 14.8. The lowest BCUT2D eigenvalue weighted by molar-refractivity contribution is -0.133. The third-order valence-electron chi connectivity index (χ3n) is 4.26. The van der Waals surface area contributed by atoms with Crippen molar-refractivity contribution >= 4 is 5.91 Å². The molecule has 110 valence electrons. The number of piperidine rings is 1. The highest BCUT2D eigenvalue weighted by atomic mass is 16.3. The number of aliphatic hydroxyl groups excluding tert-OH is 1. The molecule has 1 saturated heterocycles. The monoisotopic (exact) mass is 268 g/mol. The summed E-state index contributed by atoms with van der Waals surface area (Å²) in [7, 11) is 0. The van der Waals surface area contributed by atoms with E-state index in [9.17, 15) is 4.79 Å². The molecule has 1 aliphatic heterocycles. The molecule has 0 aromatic heterocycles. The molecule has 1 saturated carbocycles. The van der Waals surface area contributed by atoms with Crippen LogP contribution in [0.15, 0.2) is 0 Å². The van der Waals surface area contributed by atoms with Crippen molar-refractivity contribution < 1.29 is 9.90 Å². The van der Waals surface area contributed by atoms with E-state index in [1.54, 1.807) is 0 Å². The van der Waals surface area contributed by atoms with Crippen LogP contribution in [0.25, 0.3) is 0 Å². The van der Waals surface area contributed by atoms with E-state index in [0.717, 1.165) is 31.8 Å². The van der Waals surface area contributed by atoms with Crippen LogP contribution in [0.1, 0.15) is 45.4 Å². The van der Waals surface area contributed by atoms with Gasteiger partial charge in [-0.05, 0) is 31.1 Å². The fourth-order valence-electron chi connectivity index (χ4n) is 3.19. The Labute approximate surface area is 116 Å². The normalized spacial score (nSPS) is 27.6. The molecule has 2 unspecified atom stereocenters. The number of hydrogen-bond donors (Lipinski definition) is 2. The Balaban J connectivity index is 1.87. The van der Waals surface area contributed by atoms with Gasteiger partial charge in [-0.2, -0.15) is 0 Å². The number of carbonyl (C=O) groups excluding carboxylic acids is 1. The van der Waals surface area contributed by atoms with Crippen LogP contribution in [0, 0.1) is 11.8 Å². The molecule has 4 heteroatoms. The molecular formula is C15H28N2O2. The van der Waals surface area contributed by atoms with Crippen molar-refractivity contribution in [3.05, 3.63) is 0 Å². The fraction of sp³-hybridized carbons (Fsp3) is 0.933. The molecule has 1 amide bonds. The number of aliphatic hydroxyl groups is 1. The van der Waals surface area contributed by atoms with Gasteiger partial charge in [-0.3, -0.25) is 4.79 Å². The van der Waals surface area contributed by atoms with Crippen molar-refractivity contribution in [1.29, 1.82) is 0 Å². The molecule has 2 fully saturated rings. The second-order valence-corrected chi connectivity index (χ2v) is 6.20. The number of nitrogens with zero attached hydrogens (tertiary/aromatic N) is 1. The summed E-state index contributed by atoms with van der Waals surface area (Å²) in [6, 6.07) is 0.366. The molecule has 0 aromatic carbocycles. The SMILES string of the molecule is CCCC(=O)N1CC(CC2CC2)CC(NCCO)C1. The Bertz CT molecular complexity index is 292. The van der Waals surface area contributed by atoms with Crippen molar-refractivity contribution in [2.75, 3.05) is 26.2 Å². The van der Waals surface area contributed by atoms with Gasteiger partial charge < -0.3 is 15.3 Å². The summed E-state index contributed by atoms with van der Waals surface area (Å²) in [5.41, 5.74) is 0. The first-order valence-electron chi connectivity index (χ1n) is 7.85. The van der Waals surface area contributed by atoms with E-state index in [1.165, 1.54) is 19.3 Å². The molecule has 0 radical (unpaired) electrons. The maximum absolute atomic E-state index is 12.1. The Hall–Kier alpha value is -0.610. The first-order chi connectivity index (χ1) is 9.22. The summed E-state index contributed by atoms with van der Waals surface area (Å²) in [4.78, 5) is 14.2. The molecule has 2 rings (SSSR count). The zero-order chi connectivity index (χ0) is 13.7. The van der Waals surface area contributed by atoms with Gasteiger partial charge in [0.1, 0.15) is 0 Å². The highest BCUT2D eigenvalue weighted by Gasteiger charge is 2.33. The second kappa shape index (κ2) is 7.25. The molecule has 0 aromatic rings. The van der Waals surface area contributed by atoms with Crippen LogP contribution < -0.4 is 5.32 Å². The average Bonchev–Trinajstić information content (AvgIpc) is 3.20. The van der Waals surface area contributed by atoms with Crippen LogP contribution in [0.3, 0.4) is 0 Å². The summed E-state index contributed by atoms with van der Waals surface area (Å²) in [5.74, 6) is 1.88. The van der Waals surface area contributed by atoms with Crippen molar-refractivity contribution in [1.82, 2.24) is 10.2 Å². The highest BCUT2D eigenvalue weighted by Crippen LogP contribution is 2.37. The number of carbonyl (C=O) groups is 1. The minimum absolute atomic E-state index is 0.173. The van der Waals surface area contributed by atoms with E-state index in [0.29, 0.717) is 30.8 Å². The number of amides is 1. The minimum atomic E-state index is 0.173. The van der Waals surface area contributed by atoms with Crippen LogP contribution in [0.4, 0.5) is 0 Å².